The molecule has 24 heavy (non-hydrogen) atoms. The number of carbonyl (C=O) groups excluding carboxylic acids is 1. The minimum absolute atomic E-state index is 0.00959. The van der Waals surface area contributed by atoms with Gasteiger partial charge in [-0.25, -0.2) is 4.79 Å². The second-order valence-electron chi connectivity index (χ2n) is 6.66. The van der Waals surface area contributed by atoms with Crippen molar-refractivity contribution < 1.29 is 14.7 Å². The fourth-order valence-corrected chi connectivity index (χ4v) is 2.75. The number of rotatable bonds is 3. The van der Waals surface area contributed by atoms with Gasteiger partial charge in [0.15, 0.2) is 0 Å². The first-order valence-electron chi connectivity index (χ1n) is 7.52. The molecule has 0 aromatic heterocycles. The SMILES string of the molecule is CN(C(=O)c1ccc(C(C)(C)C)cc1)c1ccc(Br)cc1C(=O)O. The monoisotopic (exact) mass is 389 g/mol. The molecule has 5 heteroatoms. The van der Waals surface area contributed by atoms with Gasteiger partial charge in [0, 0.05) is 17.1 Å². The van der Waals surface area contributed by atoms with Crippen LogP contribution in [0.15, 0.2) is 46.9 Å². The third-order valence-corrected chi connectivity index (χ3v) is 4.35. The fourth-order valence-electron chi connectivity index (χ4n) is 2.39. The van der Waals surface area contributed by atoms with Gasteiger partial charge < -0.3 is 10.0 Å². The average molecular weight is 390 g/mol. The summed E-state index contributed by atoms with van der Waals surface area (Å²) in [7, 11) is 1.58. The lowest BCUT2D eigenvalue weighted by Crippen LogP contribution is -2.28. The molecule has 1 N–H and O–H groups in total. The molecule has 0 bridgehead atoms. The molecule has 0 aliphatic rings. The maximum Gasteiger partial charge on any atom is 0.337 e. The highest BCUT2D eigenvalue weighted by Gasteiger charge is 2.21. The Bertz CT molecular complexity index is 776. The summed E-state index contributed by atoms with van der Waals surface area (Å²) in [6, 6.07) is 12.2. The lowest BCUT2D eigenvalue weighted by molar-refractivity contribution is 0.0697. The smallest absolute Gasteiger partial charge is 0.337 e. The number of anilines is 1. The van der Waals surface area contributed by atoms with Gasteiger partial charge in [-0.3, -0.25) is 4.79 Å². The van der Waals surface area contributed by atoms with E-state index in [4.69, 9.17) is 0 Å². The van der Waals surface area contributed by atoms with Gasteiger partial charge in [0.25, 0.3) is 5.91 Å². The number of carbonyl (C=O) groups is 2. The second kappa shape index (κ2) is 6.77. The van der Waals surface area contributed by atoms with Crippen molar-refractivity contribution in [1.29, 1.82) is 0 Å². The Morgan fingerprint density at radius 3 is 2.12 bits per heavy atom. The van der Waals surface area contributed by atoms with E-state index < -0.39 is 5.97 Å². The van der Waals surface area contributed by atoms with Crippen molar-refractivity contribution in [2.45, 2.75) is 26.2 Å². The van der Waals surface area contributed by atoms with Gasteiger partial charge in [0.2, 0.25) is 0 Å². The summed E-state index contributed by atoms with van der Waals surface area (Å²) in [6.45, 7) is 6.32. The molecule has 0 spiro atoms. The van der Waals surface area contributed by atoms with E-state index in [1.165, 1.54) is 11.0 Å². The molecule has 2 aromatic rings. The Hall–Kier alpha value is -2.14. The Kier molecular flexibility index (Phi) is 5.13. The molecule has 2 rings (SSSR count). The third-order valence-electron chi connectivity index (χ3n) is 3.85. The van der Waals surface area contributed by atoms with Crippen molar-refractivity contribution in [2.24, 2.45) is 0 Å². The molecule has 0 atom stereocenters. The summed E-state index contributed by atoms with van der Waals surface area (Å²) in [5, 5.41) is 9.36. The zero-order valence-electron chi connectivity index (χ0n) is 14.1. The first-order chi connectivity index (χ1) is 11.1. The normalized spacial score (nSPS) is 11.2. The van der Waals surface area contributed by atoms with E-state index in [0.29, 0.717) is 15.7 Å². The molecule has 0 fully saturated rings. The molecule has 0 aliphatic carbocycles. The molecule has 0 saturated carbocycles. The highest BCUT2D eigenvalue weighted by Crippen LogP contribution is 2.26. The van der Waals surface area contributed by atoms with Gasteiger partial charge in [-0.15, -0.1) is 0 Å². The van der Waals surface area contributed by atoms with Crippen LogP contribution in [0.1, 0.15) is 47.1 Å². The van der Waals surface area contributed by atoms with Crippen LogP contribution >= 0.6 is 15.9 Å². The van der Waals surface area contributed by atoms with Crippen LogP contribution in [0.3, 0.4) is 0 Å². The maximum atomic E-state index is 12.7. The molecule has 126 valence electrons. The van der Waals surface area contributed by atoms with Gasteiger partial charge in [0.1, 0.15) is 0 Å². The van der Waals surface area contributed by atoms with Gasteiger partial charge in [-0.1, -0.05) is 48.8 Å². The number of amides is 1. The van der Waals surface area contributed by atoms with Crippen LogP contribution in [-0.4, -0.2) is 24.0 Å². The van der Waals surface area contributed by atoms with Crippen molar-refractivity contribution in [2.75, 3.05) is 11.9 Å². The Labute approximate surface area is 150 Å². The predicted molar refractivity (Wildman–Crippen MR) is 99.0 cm³/mol. The Morgan fingerprint density at radius 2 is 1.62 bits per heavy atom. The molecule has 0 unspecified atom stereocenters. The lowest BCUT2D eigenvalue weighted by atomic mass is 9.86. The van der Waals surface area contributed by atoms with Crippen LogP contribution in [-0.2, 0) is 5.41 Å². The number of carboxylic acid groups (broad SMARTS) is 1. The molecule has 0 saturated heterocycles. The van der Waals surface area contributed by atoms with Crippen molar-refractivity contribution in [3.63, 3.8) is 0 Å². The van der Waals surface area contributed by atoms with E-state index in [0.717, 1.165) is 5.56 Å². The fraction of sp³-hybridized carbons (Fsp3) is 0.263. The van der Waals surface area contributed by atoms with Gasteiger partial charge in [0.05, 0.1) is 11.3 Å². The van der Waals surface area contributed by atoms with E-state index >= 15 is 0 Å². The summed E-state index contributed by atoms with van der Waals surface area (Å²) >= 11 is 3.26. The summed E-state index contributed by atoms with van der Waals surface area (Å²) in [5.41, 5.74) is 2.10. The number of benzene rings is 2. The van der Waals surface area contributed by atoms with E-state index in [1.54, 1.807) is 31.3 Å². The summed E-state index contributed by atoms with van der Waals surface area (Å²) in [6.07, 6.45) is 0. The number of halogens is 1. The minimum atomic E-state index is -1.07. The summed E-state index contributed by atoms with van der Waals surface area (Å²) in [5.74, 6) is -1.32. The van der Waals surface area contributed by atoms with E-state index in [-0.39, 0.29) is 16.9 Å². The van der Waals surface area contributed by atoms with Crippen molar-refractivity contribution in [3.8, 4) is 0 Å². The zero-order valence-corrected chi connectivity index (χ0v) is 15.7. The van der Waals surface area contributed by atoms with Crippen LogP contribution in [0.25, 0.3) is 0 Å². The molecular weight excluding hydrogens is 370 g/mol. The second-order valence-corrected chi connectivity index (χ2v) is 7.57. The number of aromatic carboxylic acids is 1. The molecule has 0 radical (unpaired) electrons. The van der Waals surface area contributed by atoms with Crippen LogP contribution in [0, 0.1) is 0 Å². The van der Waals surface area contributed by atoms with Crippen molar-refractivity contribution in [3.05, 3.63) is 63.6 Å². The van der Waals surface area contributed by atoms with Crippen LogP contribution in [0.5, 0.6) is 0 Å². The number of hydrogen-bond acceptors (Lipinski definition) is 2. The number of carboxylic acids is 1. The Morgan fingerprint density at radius 1 is 1.04 bits per heavy atom. The van der Waals surface area contributed by atoms with Crippen LogP contribution in [0.4, 0.5) is 5.69 Å². The average Bonchev–Trinajstić information content (AvgIpc) is 2.52. The molecule has 2 aromatic carbocycles. The minimum Gasteiger partial charge on any atom is -0.478 e. The third kappa shape index (κ3) is 3.85. The molecule has 4 nitrogen and oxygen atoms in total. The van der Waals surface area contributed by atoms with Gasteiger partial charge >= 0.3 is 5.97 Å². The van der Waals surface area contributed by atoms with Crippen LogP contribution in [0.2, 0.25) is 0 Å². The molecule has 0 heterocycles. The Balaban J connectivity index is 2.35. The number of nitrogens with zero attached hydrogens (tertiary/aromatic N) is 1. The van der Waals surface area contributed by atoms with E-state index in [9.17, 15) is 14.7 Å². The standard InChI is InChI=1S/C19H20BrNO3/c1-19(2,3)13-7-5-12(6-8-13)17(22)21(4)16-10-9-14(20)11-15(16)18(23)24/h5-11H,1-4H3,(H,23,24). The van der Waals surface area contributed by atoms with Crippen molar-refractivity contribution >= 4 is 33.5 Å². The predicted octanol–water partition coefficient (Wildman–Crippen LogP) is 4.72. The summed E-state index contributed by atoms with van der Waals surface area (Å²) < 4.78 is 0.652. The summed E-state index contributed by atoms with van der Waals surface area (Å²) in [4.78, 5) is 25.5. The first kappa shape index (κ1) is 18.2. The van der Waals surface area contributed by atoms with E-state index in [2.05, 4.69) is 36.7 Å². The highest BCUT2D eigenvalue weighted by atomic mass is 79.9. The lowest BCUT2D eigenvalue weighted by Gasteiger charge is -2.21. The molecular formula is C19H20BrNO3. The largest absolute Gasteiger partial charge is 0.478 e. The van der Waals surface area contributed by atoms with Crippen LogP contribution < -0.4 is 4.90 Å². The highest BCUT2D eigenvalue weighted by molar-refractivity contribution is 9.10. The van der Waals surface area contributed by atoms with Gasteiger partial charge in [-0.2, -0.15) is 0 Å². The van der Waals surface area contributed by atoms with Crippen molar-refractivity contribution in [1.82, 2.24) is 0 Å². The molecule has 1 amide bonds. The number of hydrogen-bond donors (Lipinski definition) is 1. The van der Waals surface area contributed by atoms with Gasteiger partial charge in [-0.05, 0) is 41.3 Å². The zero-order chi connectivity index (χ0) is 18.1. The topological polar surface area (TPSA) is 57.6 Å². The van der Waals surface area contributed by atoms with E-state index in [1.807, 2.05) is 12.1 Å². The maximum absolute atomic E-state index is 12.7. The quantitative estimate of drug-likeness (QED) is 0.825. The first-order valence-corrected chi connectivity index (χ1v) is 8.32. The molecule has 0 aliphatic heterocycles.